The van der Waals surface area contributed by atoms with E-state index >= 15 is 0 Å². The van der Waals surface area contributed by atoms with Crippen molar-refractivity contribution in [2.45, 2.75) is 27.1 Å². The lowest BCUT2D eigenvalue weighted by atomic mass is 10.3. The van der Waals surface area contributed by atoms with Gasteiger partial charge >= 0.3 is 6.36 Å². The smallest absolute Gasteiger partial charge is 0.404 e. The number of hydrogen-bond donors (Lipinski definition) is 0. The summed E-state index contributed by atoms with van der Waals surface area (Å²) >= 11 is 0. The second kappa shape index (κ2) is 6.88. The number of alkyl halides is 3. The molecule has 0 aliphatic carbocycles. The fraction of sp³-hybridized carbons (Fsp3) is 0.364. The molecule has 0 N–H and O–H groups in total. The molecule has 6 heteroatoms. The van der Waals surface area contributed by atoms with Crippen LogP contribution in [0.3, 0.4) is 0 Å². The van der Waals surface area contributed by atoms with Gasteiger partial charge in [-0.05, 0) is 25.1 Å². The van der Waals surface area contributed by atoms with Gasteiger partial charge in [0, 0.05) is 0 Å². The highest BCUT2D eigenvalue weighted by molar-refractivity contribution is 5.54. The standard InChI is InChI=1S/C9H7F4NO.C2H6/c1-2-7(10)8-4-3-6(5-14-8)15-9(11,12)13;1-2/h2-5H,1H3;1-2H3/b7-2-;. The summed E-state index contributed by atoms with van der Waals surface area (Å²) in [4.78, 5) is 3.47. The van der Waals surface area contributed by atoms with Gasteiger partial charge in [-0.15, -0.1) is 13.2 Å². The first kappa shape index (κ1) is 15.4. The molecule has 96 valence electrons. The van der Waals surface area contributed by atoms with Gasteiger partial charge in [0.1, 0.15) is 11.6 Å². The molecule has 0 bridgehead atoms. The molecule has 1 aromatic heterocycles. The molecule has 0 atom stereocenters. The highest BCUT2D eigenvalue weighted by Crippen LogP contribution is 2.23. The van der Waals surface area contributed by atoms with Gasteiger partial charge in [0.25, 0.3) is 0 Å². The molecule has 0 radical (unpaired) electrons. The third kappa shape index (κ3) is 5.89. The summed E-state index contributed by atoms with van der Waals surface area (Å²) in [5, 5.41) is 0. The minimum atomic E-state index is -4.76. The van der Waals surface area contributed by atoms with Gasteiger partial charge in [-0.1, -0.05) is 13.8 Å². The van der Waals surface area contributed by atoms with Crippen LogP contribution in [0.4, 0.5) is 17.6 Å². The number of allylic oxidation sites excluding steroid dienone is 1. The van der Waals surface area contributed by atoms with Crippen molar-refractivity contribution in [3.8, 4) is 5.75 Å². The van der Waals surface area contributed by atoms with Crippen LogP contribution < -0.4 is 4.74 Å². The van der Waals surface area contributed by atoms with E-state index in [-0.39, 0.29) is 5.69 Å². The lowest BCUT2D eigenvalue weighted by Crippen LogP contribution is -2.17. The van der Waals surface area contributed by atoms with E-state index in [1.807, 2.05) is 13.8 Å². The quantitative estimate of drug-likeness (QED) is 0.729. The van der Waals surface area contributed by atoms with Crippen LogP contribution in [0.1, 0.15) is 26.5 Å². The summed E-state index contributed by atoms with van der Waals surface area (Å²) in [5.74, 6) is -1.08. The van der Waals surface area contributed by atoms with Crippen LogP contribution in [0.25, 0.3) is 5.83 Å². The van der Waals surface area contributed by atoms with Crippen LogP contribution >= 0.6 is 0 Å². The number of rotatable bonds is 2. The molecule has 0 unspecified atom stereocenters. The maximum absolute atomic E-state index is 12.9. The monoisotopic (exact) mass is 251 g/mol. The number of pyridine rings is 1. The number of aromatic nitrogens is 1. The maximum Gasteiger partial charge on any atom is 0.573 e. The lowest BCUT2D eigenvalue weighted by molar-refractivity contribution is -0.274. The molecule has 2 nitrogen and oxygen atoms in total. The highest BCUT2D eigenvalue weighted by Gasteiger charge is 2.31. The van der Waals surface area contributed by atoms with Gasteiger partial charge in [0.05, 0.1) is 11.9 Å². The van der Waals surface area contributed by atoms with Crippen LogP contribution in [-0.2, 0) is 0 Å². The summed E-state index contributed by atoms with van der Waals surface area (Å²) in [5.41, 5.74) is -0.0352. The molecule has 1 aromatic rings. The summed E-state index contributed by atoms with van der Waals surface area (Å²) in [6.07, 6.45) is -2.79. The average molecular weight is 251 g/mol. The Balaban J connectivity index is 0.00000121. The third-order valence-electron chi connectivity index (χ3n) is 1.47. The Hall–Kier alpha value is -1.59. The van der Waals surface area contributed by atoms with E-state index in [1.165, 1.54) is 6.92 Å². The normalized spacial score (nSPS) is 11.6. The van der Waals surface area contributed by atoms with Gasteiger partial charge in [0.15, 0.2) is 0 Å². The van der Waals surface area contributed by atoms with Crippen LogP contribution in [-0.4, -0.2) is 11.3 Å². The van der Waals surface area contributed by atoms with Crippen molar-refractivity contribution < 1.29 is 22.3 Å². The molecule has 0 fully saturated rings. The molecular formula is C11H13F4NO. The zero-order valence-electron chi connectivity index (χ0n) is 9.68. The largest absolute Gasteiger partial charge is 0.573 e. The maximum atomic E-state index is 12.9. The zero-order valence-corrected chi connectivity index (χ0v) is 9.68. The fourth-order valence-electron chi connectivity index (χ4n) is 0.863. The van der Waals surface area contributed by atoms with Gasteiger partial charge < -0.3 is 4.74 Å². The molecule has 0 amide bonds. The molecule has 0 aliphatic rings. The Morgan fingerprint density at radius 3 is 2.24 bits per heavy atom. The molecule has 0 saturated carbocycles. The Bertz CT molecular complexity index is 357. The van der Waals surface area contributed by atoms with Gasteiger partial charge in [-0.25, -0.2) is 9.37 Å². The molecule has 0 spiro atoms. The Morgan fingerprint density at radius 1 is 1.29 bits per heavy atom. The van der Waals surface area contributed by atoms with Crippen molar-refractivity contribution in [1.82, 2.24) is 4.98 Å². The Morgan fingerprint density at radius 2 is 1.88 bits per heavy atom. The Kier molecular flexibility index (Phi) is 6.23. The van der Waals surface area contributed by atoms with Crippen LogP contribution in [0.5, 0.6) is 5.75 Å². The average Bonchev–Trinajstić information content (AvgIpc) is 2.29. The summed E-state index contributed by atoms with van der Waals surface area (Å²) in [6, 6.07) is 2.11. The van der Waals surface area contributed by atoms with Crippen molar-refractivity contribution in [2.24, 2.45) is 0 Å². The van der Waals surface area contributed by atoms with Crippen molar-refractivity contribution in [3.05, 3.63) is 30.1 Å². The van der Waals surface area contributed by atoms with Gasteiger partial charge in [0.2, 0.25) is 0 Å². The summed E-state index contributed by atoms with van der Waals surface area (Å²) < 4.78 is 51.6. The second-order valence-corrected chi connectivity index (χ2v) is 2.56. The van der Waals surface area contributed by atoms with E-state index in [0.29, 0.717) is 0 Å². The van der Waals surface area contributed by atoms with E-state index in [9.17, 15) is 17.6 Å². The number of halogens is 4. The zero-order chi connectivity index (χ0) is 13.5. The third-order valence-corrected chi connectivity index (χ3v) is 1.47. The minimum Gasteiger partial charge on any atom is -0.404 e. The molecule has 1 rings (SSSR count). The van der Waals surface area contributed by atoms with E-state index < -0.39 is 17.9 Å². The molecule has 1 heterocycles. The first-order chi connectivity index (χ1) is 7.92. The lowest BCUT2D eigenvalue weighted by Gasteiger charge is -2.08. The summed E-state index contributed by atoms with van der Waals surface area (Å²) in [7, 11) is 0. The number of hydrogen-bond acceptors (Lipinski definition) is 2. The Labute approximate surface area is 96.9 Å². The minimum absolute atomic E-state index is 0.0352. The van der Waals surface area contributed by atoms with Gasteiger partial charge in [-0.3, -0.25) is 0 Å². The second-order valence-electron chi connectivity index (χ2n) is 2.56. The van der Waals surface area contributed by atoms with E-state index in [1.54, 1.807) is 0 Å². The topological polar surface area (TPSA) is 22.1 Å². The van der Waals surface area contributed by atoms with Crippen molar-refractivity contribution in [1.29, 1.82) is 0 Å². The molecular weight excluding hydrogens is 238 g/mol. The number of nitrogens with zero attached hydrogens (tertiary/aromatic N) is 1. The highest BCUT2D eigenvalue weighted by atomic mass is 19.4. The first-order valence-corrected chi connectivity index (χ1v) is 4.96. The van der Waals surface area contributed by atoms with Crippen LogP contribution in [0, 0.1) is 0 Å². The summed E-state index contributed by atoms with van der Waals surface area (Å²) in [6.45, 7) is 5.46. The van der Waals surface area contributed by atoms with Crippen LogP contribution in [0.15, 0.2) is 24.4 Å². The van der Waals surface area contributed by atoms with Crippen molar-refractivity contribution in [3.63, 3.8) is 0 Å². The molecule has 0 saturated heterocycles. The van der Waals surface area contributed by atoms with Crippen molar-refractivity contribution >= 4 is 5.83 Å². The molecule has 0 aromatic carbocycles. The number of ether oxygens (including phenoxy) is 1. The predicted octanol–water partition coefficient (Wildman–Crippen LogP) is 4.34. The SMILES string of the molecule is C/C=C(\F)c1ccc(OC(F)(F)F)cn1.CC. The predicted molar refractivity (Wildman–Crippen MR) is 57.0 cm³/mol. The van der Waals surface area contributed by atoms with E-state index in [0.717, 1.165) is 24.4 Å². The van der Waals surface area contributed by atoms with E-state index in [2.05, 4.69) is 9.72 Å². The van der Waals surface area contributed by atoms with Crippen molar-refractivity contribution in [2.75, 3.05) is 0 Å². The molecule has 17 heavy (non-hydrogen) atoms. The van der Waals surface area contributed by atoms with E-state index in [4.69, 9.17) is 0 Å². The van der Waals surface area contributed by atoms with Gasteiger partial charge in [-0.2, -0.15) is 0 Å². The van der Waals surface area contributed by atoms with Crippen LogP contribution in [0.2, 0.25) is 0 Å². The molecule has 0 aliphatic heterocycles. The fourth-order valence-corrected chi connectivity index (χ4v) is 0.863. The first-order valence-electron chi connectivity index (χ1n) is 4.96.